The van der Waals surface area contributed by atoms with Gasteiger partial charge in [-0.3, -0.25) is 4.79 Å². The summed E-state index contributed by atoms with van der Waals surface area (Å²) in [6.07, 6.45) is 0.652. The van der Waals surface area contributed by atoms with Crippen LogP contribution in [0.5, 0.6) is 0 Å². The van der Waals surface area contributed by atoms with Crippen LogP contribution in [0.1, 0.15) is 33.6 Å². The SMILES string of the molecule is CC(C)(C)OC(=O)NCCCC(N)C(=O)CCl. The molecule has 100 valence electrons. The lowest BCUT2D eigenvalue weighted by Crippen LogP contribution is -2.35. The molecule has 0 spiro atoms. The van der Waals surface area contributed by atoms with Gasteiger partial charge in [-0.15, -0.1) is 11.6 Å². The molecular formula is C11H21ClN2O3. The Bertz CT molecular complexity index is 264. The maximum absolute atomic E-state index is 11.2. The van der Waals surface area contributed by atoms with Crippen LogP contribution in [0.2, 0.25) is 0 Å². The Hall–Kier alpha value is -0.810. The molecule has 1 atom stereocenters. The van der Waals surface area contributed by atoms with E-state index >= 15 is 0 Å². The van der Waals surface area contributed by atoms with E-state index in [2.05, 4.69) is 5.32 Å². The van der Waals surface area contributed by atoms with Gasteiger partial charge < -0.3 is 15.8 Å². The van der Waals surface area contributed by atoms with Crippen LogP contribution >= 0.6 is 11.6 Å². The minimum atomic E-state index is -0.548. The molecule has 0 fully saturated rings. The molecule has 1 unspecified atom stereocenters. The molecule has 0 aliphatic carbocycles. The van der Waals surface area contributed by atoms with E-state index in [-0.39, 0.29) is 11.7 Å². The van der Waals surface area contributed by atoms with Crippen LogP contribution < -0.4 is 11.1 Å². The number of rotatable bonds is 6. The van der Waals surface area contributed by atoms with E-state index in [4.69, 9.17) is 22.1 Å². The van der Waals surface area contributed by atoms with E-state index < -0.39 is 17.7 Å². The largest absolute Gasteiger partial charge is 0.444 e. The van der Waals surface area contributed by atoms with Crippen LogP contribution in [0, 0.1) is 0 Å². The summed E-state index contributed by atoms with van der Waals surface area (Å²) in [5, 5.41) is 2.59. The highest BCUT2D eigenvalue weighted by molar-refractivity contribution is 6.28. The van der Waals surface area contributed by atoms with Crippen molar-refractivity contribution in [3.05, 3.63) is 0 Å². The lowest BCUT2D eigenvalue weighted by molar-refractivity contribution is -0.118. The molecule has 0 aromatic rings. The lowest BCUT2D eigenvalue weighted by atomic mass is 10.1. The monoisotopic (exact) mass is 264 g/mol. The Morgan fingerprint density at radius 3 is 2.47 bits per heavy atom. The number of carbonyl (C=O) groups is 2. The number of nitrogens with one attached hydrogen (secondary N) is 1. The van der Waals surface area contributed by atoms with E-state index in [1.165, 1.54) is 0 Å². The van der Waals surface area contributed by atoms with Crippen molar-refractivity contribution in [2.75, 3.05) is 12.4 Å². The highest BCUT2D eigenvalue weighted by atomic mass is 35.5. The van der Waals surface area contributed by atoms with Gasteiger partial charge in [-0.25, -0.2) is 4.79 Å². The average Bonchev–Trinajstić information content (AvgIpc) is 2.20. The number of alkyl halides is 1. The van der Waals surface area contributed by atoms with Crippen LogP contribution in [0.4, 0.5) is 4.79 Å². The van der Waals surface area contributed by atoms with Gasteiger partial charge in [0.25, 0.3) is 0 Å². The van der Waals surface area contributed by atoms with E-state index in [0.29, 0.717) is 19.4 Å². The van der Waals surface area contributed by atoms with Gasteiger partial charge in [0.05, 0.1) is 11.9 Å². The summed E-state index contributed by atoms with van der Waals surface area (Å²) in [6, 6.07) is -0.548. The highest BCUT2D eigenvalue weighted by Crippen LogP contribution is 2.06. The minimum absolute atomic E-state index is 0.0688. The van der Waals surface area contributed by atoms with Crippen LogP contribution in [-0.4, -0.2) is 35.9 Å². The summed E-state index contributed by atoms with van der Waals surface area (Å²) in [7, 11) is 0. The van der Waals surface area contributed by atoms with Gasteiger partial charge in [-0.1, -0.05) is 0 Å². The topological polar surface area (TPSA) is 81.4 Å². The smallest absolute Gasteiger partial charge is 0.407 e. The molecule has 0 rings (SSSR count). The number of Topliss-reactive ketones (excluding diaryl/α,β-unsaturated/α-hetero) is 1. The first-order chi connectivity index (χ1) is 7.76. The maximum Gasteiger partial charge on any atom is 0.407 e. The molecule has 0 radical (unpaired) electrons. The second-order valence-corrected chi connectivity index (χ2v) is 5.04. The molecular weight excluding hydrogens is 244 g/mol. The van der Waals surface area contributed by atoms with Gasteiger partial charge in [-0.2, -0.15) is 0 Å². The Morgan fingerprint density at radius 2 is 2.00 bits per heavy atom. The number of ketones is 1. The summed E-state index contributed by atoms with van der Waals surface area (Å²) >= 11 is 5.36. The summed E-state index contributed by atoms with van der Waals surface area (Å²) in [5.74, 6) is -0.246. The third kappa shape index (κ3) is 8.94. The fourth-order valence-electron chi connectivity index (χ4n) is 1.09. The van der Waals surface area contributed by atoms with Crippen molar-refractivity contribution >= 4 is 23.5 Å². The predicted octanol–water partition coefficient (Wildman–Crippen LogP) is 1.43. The molecule has 0 aromatic carbocycles. The zero-order valence-electron chi connectivity index (χ0n) is 10.6. The van der Waals surface area contributed by atoms with Crippen molar-refractivity contribution in [3.8, 4) is 0 Å². The summed E-state index contributed by atoms with van der Waals surface area (Å²) in [4.78, 5) is 22.3. The molecule has 0 heterocycles. The van der Waals surface area contributed by atoms with Crippen molar-refractivity contribution < 1.29 is 14.3 Å². The normalized spacial score (nSPS) is 13.0. The van der Waals surface area contributed by atoms with Gasteiger partial charge >= 0.3 is 6.09 Å². The molecule has 17 heavy (non-hydrogen) atoms. The third-order valence-corrected chi connectivity index (χ3v) is 2.17. The number of alkyl carbamates (subject to hydrolysis) is 1. The van der Waals surface area contributed by atoms with Gasteiger partial charge in [0, 0.05) is 6.54 Å². The Morgan fingerprint density at radius 1 is 1.41 bits per heavy atom. The minimum Gasteiger partial charge on any atom is -0.444 e. The number of carbonyl (C=O) groups excluding carboxylic acids is 2. The molecule has 0 saturated heterocycles. The van der Waals surface area contributed by atoms with E-state index in [9.17, 15) is 9.59 Å². The zero-order valence-corrected chi connectivity index (χ0v) is 11.3. The van der Waals surface area contributed by atoms with Crippen molar-refractivity contribution in [3.63, 3.8) is 0 Å². The Kier molecular flexibility index (Phi) is 7.15. The summed E-state index contributed by atoms with van der Waals surface area (Å²) in [6.45, 7) is 5.81. The van der Waals surface area contributed by atoms with Gasteiger partial charge in [-0.05, 0) is 33.6 Å². The lowest BCUT2D eigenvalue weighted by Gasteiger charge is -2.19. The van der Waals surface area contributed by atoms with Crippen LogP contribution in [0.3, 0.4) is 0 Å². The third-order valence-electron chi connectivity index (χ3n) is 1.91. The summed E-state index contributed by atoms with van der Waals surface area (Å²) < 4.78 is 5.04. The number of amides is 1. The highest BCUT2D eigenvalue weighted by Gasteiger charge is 2.16. The quantitative estimate of drug-likeness (QED) is 0.562. The van der Waals surface area contributed by atoms with E-state index in [0.717, 1.165) is 0 Å². The number of nitrogens with two attached hydrogens (primary N) is 1. The van der Waals surface area contributed by atoms with E-state index in [1.807, 2.05) is 0 Å². The molecule has 0 aromatic heterocycles. The molecule has 0 aliphatic rings. The average molecular weight is 265 g/mol. The molecule has 0 saturated carbocycles. The fraction of sp³-hybridized carbons (Fsp3) is 0.818. The molecule has 5 nitrogen and oxygen atoms in total. The van der Waals surface area contributed by atoms with Crippen LogP contribution in [0.25, 0.3) is 0 Å². The van der Waals surface area contributed by atoms with Crippen LogP contribution in [-0.2, 0) is 9.53 Å². The number of ether oxygens (including phenoxy) is 1. The van der Waals surface area contributed by atoms with Crippen molar-refractivity contribution in [1.29, 1.82) is 0 Å². The van der Waals surface area contributed by atoms with Crippen molar-refractivity contribution in [2.45, 2.75) is 45.3 Å². The van der Waals surface area contributed by atoms with Gasteiger partial charge in [0.2, 0.25) is 0 Å². The maximum atomic E-state index is 11.2. The standard InChI is InChI=1S/C11H21ClN2O3/c1-11(2,3)17-10(16)14-6-4-5-8(13)9(15)7-12/h8H,4-7,13H2,1-3H3,(H,14,16). The Labute approximate surface area is 107 Å². The molecule has 0 aliphatic heterocycles. The van der Waals surface area contributed by atoms with Crippen LogP contribution in [0.15, 0.2) is 0 Å². The second kappa shape index (κ2) is 7.50. The van der Waals surface area contributed by atoms with Crippen molar-refractivity contribution in [2.24, 2.45) is 5.73 Å². The zero-order chi connectivity index (χ0) is 13.5. The number of hydrogen-bond donors (Lipinski definition) is 2. The van der Waals surface area contributed by atoms with Gasteiger partial charge in [0.15, 0.2) is 5.78 Å². The molecule has 0 bridgehead atoms. The first-order valence-corrected chi connectivity index (χ1v) is 6.11. The van der Waals surface area contributed by atoms with Gasteiger partial charge in [0.1, 0.15) is 5.60 Å². The number of halogens is 1. The van der Waals surface area contributed by atoms with Crippen molar-refractivity contribution in [1.82, 2.24) is 5.32 Å². The second-order valence-electron chi connectivity index (χ2n) is 4.78. The Balaban J connectivity index is 3.65. The first kappa shape index (κ1) is 16.2. The number of hydrogen-bond acceptors (Lipinski definition) is 4. The molecule has 3 N–H and O–H groups in total. The predicted molar refractivity (Wildman–Crippen MR) is 67.2 cm³/mol. The molecule has 6 heteroatoms. The van der Waals surface area contributed by atoms with E-state index in [1.54, 1.807) is 20.8 Å². The fourth-order valence-corrected chi connectivity index (χ4v) is 1.28. The first-order valence-electron chi connectivity index (χ1n) is 5.57. The molecule has 1 amide bonds. The summed E-state index contributed by atoms with van der Waals surface area (Å²) in [5.41, 5.74) is 5.06.